The molecular formula is C14H19N3O2S. The number of carbonyl (C=O) groups excluding carboxylic acids is 1. The number of likely N-dealkylation sites (N-methyl/N-ethyl adjacent to an activating group) is 1. The van der Waals surface area contributed by atoms with E-state index in [1.54, 1.807) is 7.05 Å². The minimum absolute atomic E-state index is 0.150. The molecule has 5 nitrogen and oxygen atoms in total. The van der Waals surface area contributed by atoms with Gasteiger partial charge < -0.3 is 20.3 Å². The van der Waals surface area contributed by atoms with E-state index in [1.165, 1.54) is 0 Å². The average Bonchev–Trinajstić information content (AvgIpc) is 2.50. The molecule has 0 saturated heterocycles. The van der Waals surface area contributed by atoms with Gasteiger partial charge in [-0.25, -0.2) is 0 Å². The van der Waals surface area contributed by atoms with Crippen molar-refractivity contribution >= 4 is 28.9 Å². The van der Waals surface area contributed by atoms with Gasteiger partial charge in [0, 0.05) is 13.6 Å². The standard InChI is InChI=1S/C14H19N3O2S/c1-3-8-16-14(20)17-9-12(13(18)15-2)19-11-7-5-4-6-10(11)17/h4-7,12H,3,8-9H2,1-2H3,(H,15,18)(H,16,20)/t12-/m0/s1. The molecule has 0 aromatic heterocycles. The molecule has 1 aromatic carbocycles. The topological polar surface area (TPSA) is 53.6 Å². The molecule has 1 atom stereocenters. The predicted octanol–water partition coefficient (Wildman–Crippen LogP) is 1.28. The summed E-state index contributed by atoms with van der Waals surface area (Å²) in [5.74, 6) is 0.524. The highest BCUT2D eigenvalue weighted by Gasteiger charge is 2.31. The van der Waals surface area contributed by atoms with Gasteiger partial charge in [-0.15, -0.1) is 0 Å². The highest BCUT2D eigenvalue weighted by molar-refractivity contribution is 7.80. The third kappa shape index (κ3) is 3.01. The maximum atomic E-state index is 11.8. The number of nitrogens with zero attached hydrogens (tertiary/aromatic N) is 1. The SMILES string of the molecule is CCCNC(=S)N1C[C@@H](C(=O)NC)Oc2ccccc21. The summed E-state index contributed by atoms with van der Waals surface area (Å²) in [6, 6.07) is 7.60. The number of amides is 1. The summed E-state index contributed by atoms with van der Waals surface area (Å²) in [4.78, 5) is 13.8. The van der Waals surface area contributed by atoms with Crippen molar-refractivity contribution in [1.82, 2.24) is 10.6 Å². The first-order valence-corrected chi connectivity index (χ1v) is 7.10. The van der Waals surface area contributed by atoms with Crippen LogP contribution >= 0.6 is 12.2 Å². The van der Waals surface area contributed by atoms with Crippen molar-refractivity contribution in [3.63, 3.8) is 0 Å². The number of fused-ring (bicyclic) bond motifs is 1. The summed E-state index contributed by atoms with van der Waals surface area (Å²) >= 11 is 5.42. The first kappa shape index (κ1) is 14.6. The minimum atomic E-state index is -0.559. The van der Waals surface area contributed by atoms with Gasteiger partial charge >= 0.3 is 0 Å². The van der Waals surface area contributed by atoms with E-state index in [0.29, 0.717) is 17.4 Å². The lowest BCUT2D eigenvalue weighted by Gasteiger charge is -2.35. The Kier molecular flexibility index (Phi) is 4.79. The molecule has 20 heavy (non-hydrogen) atoms. The van der Waals surface area contributed by atoms with E-state index in [0.717, 1.165) is 18.7 Å². The molecule has 6 heteroatoms. The second-order valence-corrected chi connectivity index (χ2v) is 4.92. The highest BCUT2D eigenvalue weighted by Crippen LogP contribution is 2.33. The molecule has 0 bridgehead atoms. The molecule has 0 aliphatic carbocycles. The lowest BCUT2D eigenvalue weighted by molar-refractivity contribution is -0.127. The van der Waals surface area contributed by atoms with E-state index in [2.05, 4.69) is 17.6 Å². The Morgan fingerprint density at radius 3 is 2.95 bits per heavy atom. The number of benzene rings is 1. The molecule has 2 N–H and O–H groups in total. The minimum Gasteiger partial charge on any atom is -0.477 e. The third-order valence-corrected chi connectivity index (χ3v) is 3.45. The van der Waals surface area contributed by atoms with Crippen molar-refractivity contribution in [3.05, 3.63) is 24.3 Å². The summed E-state index contributed by atoms with van der Waals surface area (Å²) in [6.45, 7) is 3.30. The molecule has 108 valence electrons. The van der Waals surface area contributed by atoms with Crippen LogP contribution in [0.4, 0.5) is 5.69 Å². The van der Waals surface area contributed by atoms with Crippen LogP contribution in [0.25, 0.3) is 0 Å². The number of para-hydroxylation sites is 2. The van der Waals surface area contributed by atoms with Crippen molar-refractivity contribution in [1.29, 1.82) is 0 Å². The van der Waals surface area contributed by atoms with Gasteiger partial charge in [-0.3, -0.25) is 4.79 Å². The Labute approximate surface area is 124 Å². The van der Waals surface area contributed by atoms with Crippen LogP contribution in [0.2, 0.25) is 0 Å². The lowest BCUT2D eigenvalue weighted by atomic mass is 10.2. The van der Waals surface area contributed by atoms with E-state index in [4.69, 9.17) is 17.0 Å². The van der Waals surface area contributed by atoms with E-state index in [9.17, 15) is 4.79 Å². The molecule has 0 unspecified atom stereocenters. The zero-order valence-corrected chi connectivity index (χ0v) is 12.5. The maximum absolute atomic E-state index is 11.8. The van der Waals surface area contributed by atoms with Crippen molar-refractivity contribution in [2.45, 2.75) is 19.4 Å². The highest BCUT2D eigenvalue weighted by atomic mass is 32.1. The fourth-order valence-corrected chi connectivity index (χ4v) is 2.33. The largest absolute Gasteiger partial charge is 0.477 e. The number of ether oxygens (including phenoxy) is 1. The number of anilines is 1. The van der Waals surface area contributed by atoms with Gasteiger partial charge in [0.1, 0.15) is 5.75 Å². The molecule has 1 heterocycles. The van der Waals surface area contributed by atoms with E-state index in [1.807, 2.05) is 29.2 Å². The van der Waals surface area contributed by atoms with Crippen LogP contribution in [0.15, 0.2) is 24.3 Å². The van der Waals surface area contributed by atoms with Gasteiger partial charge in [-0.1, -0.05) is 19.1 Å². The predicted molar refractivity (Wildman–Crippen MR) is 83.2 cm³/mol. The second kappa shape index (κ2) is 6.56. The first-order valence-electron chi connectivity index (χ1n) is 6.70. The lowest BCUT2D eigenvalue weighted by Crippen LogP contribution is -2.52. The summed E-state index contributed by atoms with van der Waals surface area (Å²) < 4.78 is 5.73. The molecular weight excluding hydrogens is 274 g/mol. The molecule has 0 fully saturated rings. The molecule has 1 aliphatic rings. The second-order valence-electron chi connectivity index (χ2n) is 4.53. The molecule has 2 rings (SSSR count). The first-order chi connectivity index (χ1) is 9.67. The van der Waals surface area contributed by atoms with Gasteiger partial charge in [0.05, 0.1) is 12.2 Å². The van der Waals surface area contributed by atoms with Crippen LogP contribution < -0.4 is 20.3 Å². The number of hydrogen-bond donors (Lipinski definition) is 2. The molecule has 0 radical (unpaired) electrons. The zero-order chi connectivity index (χ0) is 14.5. The number of nitrogens with one attached hydrogen (secondary N) is 2. The van der Waals surface area contributed by atoms with Crippen molar-refractivity contribution in [2.75, 3.05) is 25.0 Å². The normalized spacial score (nSPS) is 16.9. The van der Waals surface area contributed by atoms with Crippen LogP contribution in [0, 0.1) is 0 Å². The molecule has 0 saturated carbocycles. The van der Waals surface area contributed by atoms with Gasteiger partial charge in [0.25, 0.3) is 5.91 Å². The quantitative estimate of drug-likeness (QED) is 0.822. The van der Waals surface area contributed by atoms with E-state index >= 15 is 0 Å². The van der Waals surface area contributed by atoms with Crippen molar-refractivity contribution < 1.29 is 9.53 Å². The zero-order valence-electron chi connectivity index (χ0n) is 11.7. The van der Waals surface area contributed by atoms with Crippen LogP contribution in [-0.2, 0) is 4.79 Å². The van der Waals surface area contributed by atoms with Crippen molar-refractivity contribution in [2.24, 2.45) is 0 Å². The van der Waals surface area contributed by atoms with Crippen molar-refractivity contribution in [3.8, 4) is 5.75 Å². The fourth-order valence-electron chi connectivity index (χ4n) is 2.05. The summed E-state index contributed by atoms with van der Waals surface area (Å²) in [5, 5.41) is 6.43. The average molecular weight is 293 g/mol. The number of rotatable bonds is 3. The monoisotopic (exact) mass is 293 g/mol. The Hall–Kier alpha value is -1.82. The molecule has 1 aliphatic heterocycles. The van der Waals surface area contributed by atoms with Gasteiger partial charge in [-0.05, 0) is 30.8 Å². The Balaban J connectivity index is 2.25. The smallest absolute Gasteiger partial charge is 0.262 e. The summed E-state index contributed by atoms with van der Waals surface area (Å²) in [7, 11) is 1.60. The van der Waals surface area contributed by atoms with E-state index < -0.39 is 6.10 Å². The summed E-state index contributed by atoms with van der Waals surface area (Å²) in [5.41, 5.74) is 0.890. The van der Waals surface area contributed by atoms with Gasteiger partial charge in [0.15, 0.2) is 11.2 Å². The third-order valence-electron chi connectivity index (χ3n) is 3.08. The number of thiocarbonyl (C=S) groups is 1. The van der Waals surface area contributed by atoms with Crippen LogP contribution in [-0.4, -0.2) is 37.3 Å². The molecule has 1 amide bonds. The molecule has 1 aromatic rings. The molecule has 0 spiro atoms. The van der Waals surface area contributed by atoms with E-state index in [-0.39, 0.29) is 5.91 Å². The van der Waals surface area contributed by atoms with Gasteiger partial charge in [-0.2, -0.15) is 0 Å². The van der Waals surface area contributed by atoms with Crippen LogP contribution in [0.5, 0.6) is 5.75 Å². The maximum Gasteiger partial charge on any atom is 0.262 e. The van der Waals surface area contributed by atoms with Crippen LogP contribution in [0.1, 0.15) is 13.3 Å². The Bertz CT molecular complexity index is 507. The van der Waals surface area contributed by atoms with Crippen LogP contribution in [0.3, 0.4) is 0 Å². The van der Waals surface area contributed by atoms with Gasteiger partial charge in [0.2, 0.25) is 0 Å². The summed E-state index contributed by atoms with van der Waals surface area (Å²) in [6.07, 6.45) is 0.432. The Morgan fingerprint density at radius 2 is 2.25 bits per heavy atom. The number of carbonyl (C=O) groups is 1. The Morgan fingerprint density at radius 1 is 1.50 bits per heavy atom. The number of hydrogen-bond acceptors (Lipinski definition) is 3. The fraction of sp³-hybridized carbons (Fsp3) is 0.429.